The van der Waals surface area contributed by atoms with E-state index in [0.717, 1.165) is 25.9 Å². The van der Waals surface area contributed by atoms with Gasteiger partial charge in [-0.25, -0.2) is 8.42 Å². The molecule has 0 radical (unpaired) electrons. The first kappa shape index (κ1) is 24.8. The van der Waals surface area contributed by atoms with E-state index in [2.05, 4.69) is 10.0 Å². The summed E-state index contributed by atoms with van der Waals surface area (Å²) in [6, 6.07) is 5.79. The molecule has 10 nitrogen and oxygen atoms in total. The maximum absolute atomic E-state index is 12.8. The van der Waals surface area contributed by atoms with E-state index in [1.54, 1.807) is 6.07 Å². The molecule has 0 bridgehead atoms. The molecule has 1 saturated heterocycles. The zero-order valence-corrected chi connectivity index (χ0v) is 18.3. The van der Waals surface area contributed by atoms with Crippen molar-refractivity contribution in [2.24, 2.45) is 17.6 Å². The van der Waals surface area contributed by atoms with Crippen LogP contribution in [0.2, 0.25) is 0 Å². The minimum atomic E-state index is -4.12. The maximum Gasteiger partial charge on any atom is 0.323 e. The average molecular weight is 455 g/mol. The first-order chi connectivity index (χ1) is 14.6. The Balaban J connectivity index is 2.18. The van der Waals surface area contributed by atoms with Gasteiger partial charge >= 0.3 is 5.97 Å². The van der Waals surface area contributed by atoms with Gasteiger partial charge in [-0.15, -0.1) is 0 Å². The summed E-state index contributed by atoms with van der Waals surface area (Å²) in [5.41, 5.74) is 5.26. The van der Waals surface area contributed by atoms with Gasteiger partial charge in [0.15, 0.2) is 0 Å². The van der Waals surface area contributed by atoms with Crippen LogP contribution < -0.4 is 15.8 Å². The number of nitrogens with one attached hydrogen (secondary N) is 2. The summed E-state index contributed by atoms with van der Waals surface area (Å²) in [6.07, 6.45) is 2.48. The molecule has 31 heavy (non-hydrogen) atoms. The highest BCUT2D eigenvalue weighted by Crippen LogP contribution is 2.18. The van der Waals surface area contributed by atoms with Crippen LogP contribution in [0, 0.1) is 11.8 Å². The Morgan fingerprint density at radius 3 is 2.39 bits per heavy atom. The lowest BCUT2D eigenvalue weighted by atomic mass is 9.94. The molecule has 2 rings (SSSR count). The maximum atomic E-state index is 12.8. The van der Waals surface area contributed by atoms with E-state index in [1.165, 1.54) is 36.1 Å². The molecule has 5 N–H and O–H groups in total. The Labute approximate surface area is 182 Å². The molecule has 11 heteroatoms. The number of piperidine rings is 1. The van der Waals surface area contributed by atoms with Crippen molar-refractivity contribution in [2.45, 2.75) is 37.1 Å². The molecule has 172 valence electrons. The van der Waals surface area contributed by atoms with Crippen molar-refractivity contribution in [3.8, 4) is 0 Å². The Morgan fingerprint density at radius 2 is 1.84 bits per heavy atom. The van der Waals surface area contributed by atoms with Crippen LogP contribution in [0.4, 0.5) is 0 Å². The summed E-state index contributed by atoms with van der Waals surface area (Å²) in [5, 5.41) is 12.9. The van der Waals surface area contributed by atoms with E-state index >= 15 is 0 Å². The number of aliphatic carboxylic acids is 1. The number of carbonyl (C=O) groups is 3. The van der Waals surface area contributed by atoms with Crippen molar-refractivity contribution in [1.82, 2.24) is 14.9 Å². The van der Waals surface area contributed by atoms with Crippen molar-refractivity contribution < 1.29 is 27.9 Å². The molecule has 1 unspecified atom stereocenters. The van der Waals surface area contributed by atoms with E-state index in [1.807, 2.05) is 0 Å². The Hall–Kier alpha value is -2.50. The minimum Gasteiger partial charge on any atom is -0.480 e. The number of rotatable bonds is 11. The van der Waals surface area contributed by atoms with E-state index in [0.29, 0.717) is 12.3 Å². The number of primary amides is 1. The molecule has 1 aromatic rings. The predicted molar refractivity (Wildman–Crippen MR) is 113 cm³/mol. The van der Waals surface area contributed by atoms with Crippen LogP contribution in [-0.2, 0) is 24.4 Å². The van der Waals surface area contributed by atoms with E-state index in [4.69, 9.17) is 5.73 Å². The molecule has 2 atom stereocenters. The number of carboxylic acid groups (broad SMARTS) is 1. The van der Waals surface area contributed by atoms with Crippen molar-refractivity contribution in [3.05, 3.63) is 30.3 Å². The van der Waals surface area contributed by atoms with Gasteiger partial charge in [0.05, 0.1) is 4.90 Å². The number of nitrogens with zero attached hydrogens (tertiary/aromatic N) is 1. The molecule has 1 aliphatic rings. The van der Waals surface area contributed by atoms with Gasteiger partial charge in [0.2, 0.25) is 21.8 Å². The van der Waals surface area contributed by atoms with Gasteiger partial charge in [0.25, 0.3) is 0 Å². The lowest BCUT2D eigenvalue weighted by molar-refractivity contribution is -0.143. The van der Waals surface area contributed by atoms with Crippen LogP contribution in [0.3, 0.4) is 0 Å². The van der Waals surface area contributed by atoms with Crippen molar-refractivity contribution in [2.75, 3.05) is 26.2 Å². The third-order valence-electron chi connectivity index (χ3n) is 5.43. The van der Waals surface area contributed by atoms with Gasteiger partial charge in [-0.05, 0) is 57.3 Å². The summed E-state index contributed by atoms with van der Waals surface area (Å²) in [5.74, 6) is -3.66. The third kappa shape index (κ3) is 7.30. The molecule has 0 aliphatic carbocycles. The number of hydrogen-bond acceptors (Lipinski definition) is 6. The summed E-state index contributed by atoms with van der Waals surface area (Å²) < 4.78 is 27.3. The van der Waals surface area contributed by atoms with Crippen LogP contribution in [0.15, 0.2) is 35.2 Å². The Kier molecular flexibility index (Phi) is 8.96. The Morgan fingerprint density at radius 1 is 1.23 bits per heavy atom. The van der Waals surface area contributed by atoms with Crippen LogP contribution >= 0.6 is 0 Å². The topological polar surface area (TPSA) is 159 Å². The molecule has 2 amide bonds. The summed E-state index contributed by atoms with van der Waals surface area (Å²) in [4.78, 5) is 37.3. The molecule has 0 spiro atoms. The fourth-order valence-corrected chi connectivity index (χ4v) is 4.64. The molecular formula is C20H30N4O6S. The average Bonchev–Trinajstić information content (AvgIpc) is 2.75. The number of sulfonamides is 1. The summed E-state index contributed by atoms with van der Waals surface area (Å²) >= 11 is 0. The lowest BCUT2D eigenvalue weighted by Gasteiger charge is -2.30. The smallest absolute Gasteiger partial charge is 0.323 e. The van der Waals surface area contributed by atoms with Gasteiger partial charge < -0.3 is 21.1 Å². The molecule has 1 fully saturated rings. The third-order valence-corrected chi connectivity index (χ3v) is 6.91. The van der Waals surface area contributed by atoms with Crippen molar-refractivity contribution >= 4 is 27.8 Å². The second-order valence-electron chi connectivity index (χ2n) is 7.72. The highest BCUT2D eigenvalue weighted by Gasteiger charge is 2.32. The predicted octanol–water partition coefficient (Wildman–Crippen LogP) is -0.242. The number of carboxylic acids is 1. The minimum absolute atomic E-state index is 0.0839. The van der Waals surface area contributed by atoms with Gasteiger partial charge in [-0.2, -0.15) is 4.72 Å². The monoisotopic (exact) mass is 454 g/mol. The zero-order chi connectivity index (χ0) is 23.0. The largest absolute Gasteiger partial charge is 0.480 e. The SMILES string of the molecule is CC(C(N)=O)C(=O)N(CCC1CCNCC1)C[C@H](NS(=O)(=O)c1ccccc1)C(=O)O. The number of amides is 2. The molecule has 0 aromatic heterocycles. The summed E-state index contributed by atoms with van der Waals surface area (Å²) in [6.45, 7) is 2.88. The quantitative estimate of drug-likeness (QED) is 0.336. The second kappa shape index (κ2) is 11.2. The number of carbonyl (C=O) groups excluding carboxylic acids is 2. The molecular weight excluding hydrogens is 424 g/mol. The van der Waals surface area contributed by atoms with Crippen LogP contribution in [0.1, 0.15) is 26.2 Å². The number of hydrogen-bond donors (Lipinski definition) is 4. The summed E-state index contributed by atoms with van der Waals surface area (Å²) in [7, 11) is -4.12. The van der Waals surface area contributed by atoms with Crippen LogP contribution in [0.5, 0.6) is 0 Å². The molecule has 1 aromatic carbocycles. The molecule has 1 heterocycles. The van der Waals surface area contributed by atoms with Crippen molar-refractivity contribution in [1.29, 1.82) is 0 Å². The first-order valence-electron chi connectivity index (χ1n) is 10.2. The normalized spacial score (nSPS) is 16.9. The van der Waals surface area contributed by atoms with Gasteiger partial charge in [-0.1, -0.05) is 18.2 Å². The van der Waals surface area contributed by atoms with E-state index < -0.39 is 46.3 Å². The highest BCUT2D eigenvalue weighted by molar-refractivity contribution is 7.89. The first-order valence-corrected chi connectivity index (χ1v) is 11.7. The number of nitrogens with two attached hydrogens (primary N) is 1. The van der Waals surface area contributed by atoms with Crippen molar-refractivity contribution in [3.63, 3.8) is 0 Å². The van der Waals surface area contributed by atoms with Gasteiger partial charge in [0, 0.05) is 13.1 Å². The standard InChI is InChI=1S/C20H30N4O6S/c1-14(18(21)25)19(26)24(12-9-15-7-10-22-11-8-15)13-17(20(27)28)23-31(29,30)16-5-3-2-4-6-16/h2-6,14-15,17,22-23H,7-13H2,1H3,(H2,21,25)(H,27,28)/t14?,17-/m0/s1. The van der Waals surface area contributed by atoms with E-state index in [-0.39, 0.29) is 11.4 Å². The van der Waals surface area contributed by atoms with E-state index in [9.17, 15) is 27.9 Å². The highest BCUT2D eigenvalue weighted by atomic mass is 32.2. The molecule has 0 saturated carbocycles. The zero-order valence-electron chi connectivity index (χ0n) is 17.5. The fourth-order valence-electron chi connectivity index (χ4n) is 3.44. The Bertz CT molecular complexity index is 871. The lowest BCUT2D eigenvalue weighted by Crippen LogP contribution is -2.52. The van der Waals surface area contributed by atoms with Gasteiger partial charge in [-0.3, -0.25) is 14.4 Å². The fraction of sp³-hybridized carbons (Fsp3) is 0.550. The molecule has 1 aliphatic heterocycles. The number of benzene rings is 1. The second-order valence-corrected chi connectivity index (χ2v) is 9.43. The van der Waals surface area contributed by atoms with Crippen LogP contribution in [-0.4, -0.2) is 68.4 Å². The van der Waals surface area contributed by atoms with Crippen LogP contribution in [0.25, 0.3) is 0 Å². The van der Waals surface area contributed by atoms with Gasteiger partial charge in [0.1, 0.15) is 12.0 Å².